The first-order valence-corrected chi connectivity index (χ1v) is 14.9. The van der Waals surface area contributed by atoms with E-state index in [0.29, 0.717) is 5.82 Å². The molecule has 0 unspecified atom stereocenters. The molecule has 4 N–H and O–H groups in total. The highest BCUT2D eigenvalue weighted by Crippen LogP contribution is 2.42. The summed E-state index contributed by atoms with van der Waals surface area (Å²) < 4.78 is 5.47. The molecule has 4 aliphatic rings. The van der Waals surface area contributed by atoms with Crippen LogP contribution in [0.5, 0.6) is 0 Å². The number of carbonyl (C=O) groups excluding carboxylic acids is 3. The topological polar surface area (TPSA) is 149 Å². The summed E-state index contributed by atoms with van der Waals surface area (Å²) in [6, 6.07) is 8.07. The number of amides is 4. The summed E-state index contributed by atoms with van der Waals surface area (Å²) in [6.07, 6.45) is 4.87. The molecule has 4 fully saturated rings. The predicted molar refractivity (Wildman–Crippen MR) is 165 cm³/mol. The van der Waals surface area contributed by atoms with Crippen LogP contribution in [-0.2, 0) is 4.74 Å². The highest BCUT2D eigenvalue weighted by atomic mass is 16.6. The Labute approximate surface area is 252 Å². The van der Waals surface area contributed by atoms with Gasteiger partial charge in [-0.15, -0.1) is 0 Å². The molecule has 13 nitrogen and oxygen atoms in total. The quantitative estimate of drug-likeness (QED) is 0.476. The van der Waals surface area contributed by atoms with Crippen molar-refractivity contribution in [1.82, 2.24) is 25.1 Å². The van der Waals surface area contributed by atoms with Gasteiger partial charge in [-0.05, 0) is 64.3 Å². The summed E-state index contributed by atoms with van der Waals surface area (Å²) >= 11 is 0. The molecule has 0 atom stereocenters. The summed E-state index contributed by atoms with van der Waals surface area (Å²) in [5.74, 6) is 0.516. The fourth-order valence-electron chi connectivity index (χ4n) is 5.75. The Morgan fingerprint density at radius 1 is 1.00 bits per heavy atom. The molecule has 4 amide bonds. The monoisotopic (exact) mass is 593 g/mol. The SMILES string of the molecule is CC(C)(C)OC(=O)N1CC2(C1)CN(c1ccc(Nc3nc(N4CCCCC4)cnc3C(N)=O)cc1)C2.CN1CCNC1=O. The zero-order valence-corrected chi connectivity index (χ0v) is 25.6. The molecule has 5 heterocycles. The van der Waals surface area contributed by atoms with E-state index in [9.17, 15) is 14.4 Å². The molecule has 232 valence electrons. The van der Waals surface area contributed by atoms with Gasteiger partial charge in [0, 0.05) is 76.2 Å². The number of hydrogen-bond donors (Lipinski definition) is 3. The average Bonchev–Trinajstić information content (AvgIpc) is 3.29. The Bertz CT molecular complexity index is 1320. The normalized spacial score (nSPS) is 19.1. The fraction of sp³-hybridized carbons (Fsp3) is 0.567. The van der Waals surface area contributed by atoms with Crippen molar-refractivity contribution in [2.75, 3.05) is 74.5 Å². The second kappa shape index (κ2) is 12.1. The Morgan fingerprint density at radius 2 is 1.67 bits per heavy atom. The van der Waals surface area contributed by atoms with Gasteiger partial charge in [-0.2, -0.15) is 0 Å². The summed E-state index contributed by atoms with van der Waals surface area (Å²) in [6.45, 7) is 12.5. The highest BCUT2D eigenvalue weighted by Gasteiger charge is 2.54. The van der Waals surface area contributed by atoms with E-state index in [1.54, 1.807) is 23.0 Å². The number of aromatic nitrogens is 2. The van der Waals surface area contributed by atoms with E-state index in [1.165, 1.54) is 6.42 Å². The molecule has 0 aliphatic carbocycles. The van der Waals surface area contributed by atoms with Crippen LogP contribution in [0.1, 0.15) is 50.5 Å². The predicted octanol–water partition coefficient (Wildman–Crippen LogP) is 3.01. The lowest BCUT2D eigenvalue weighted by molar-refractivity contribution is -0.0453. The van der Waals surface area contributed by atoms with Crippen LogP contribution >= 0.6 is 0 Å². The molecule has 4 aliphatic heterocycles. The maximum atomic E-state index is 12.2. The van der Waals surface area contributed by atoms with Crippen molar-refractivity contribution in [3.8, 4) is 0 Å². The van der Waals surface area contributed by atoms with Crippen LogP contribution in [0.15, 0.2) is 30.5 Å². The number of urea groups is 1. The average molecular weight is 594 g/mol. The fourth-order valence-corrected chi connectivity index (χ4v) is 5.75. The first-order valence-electron chi connectivity index (χ1n) is 14.9. The third-order valence-corrected chi connectivity index (χ3v) is 8.00. The summed E-state index contributed by atoms with van der Waals surface area (Å²) in [5, 5.41) is 5.89. The number of likely N-dealkylation sites (tertiary alicyclic amines) is 1. The number of nitrogens with one attached hydrogen (secondary N) is 2. The van der Waals surface area contributed by atoms with Crippen LogP contribution in [0.3, 0.4) is 0 Å². The molecule has 2 aromatic rings. The summed E-state index contributed by atoms with van der Waals surface area (Å²) in [7, 11) is 1.78. The van der Waals surface area contributed by atoms with Crippen molar-refractivity contribution in [2.45, 2.75) is 45.6 Å². The molecule has 0 bridgehead atoms. The number of likely N-dealkylation sites (N-methyl/N-ethyl adjacent to an activating group) is 1. The number of nitrogens with two attached hydrogens (primary N) is 1. The maximum Gasteiger partial charge on any atom is 0.410 e. The number of primary amides is 1. The zero-order chi connectivity index (χ0) is 30.8. The van der Waals surface area contributed by atoms with Crippen LogP contribution < -0.4 is 26.2 Å². The van der Waals surface area contributed by atoms with Crippen LogP contribution in [0, 0.1) is 5.41 Å². The Kier molecular flexibility index (Phi) is 8.52. The van der Waals surface area contributed by atoms with Crippen LogP contribution in [0.4, 0.5) is 32.6 Å². The van der Waals surface area contributed by atoms with Gasteiger partial charge in [0.15, 0.2) is 11.5 Å². The maximum absolute atomic E-state index is 12.2. The molecule has 1 spiro atoms. The minimum Gasteiger partial charge on any atom is -0.444 e. The van der Waals surface area contributed by atoms with Gasteiger partial charge >= 0.3 is 12.1 Å². The van der Waals surface area contributed by atoms with Crippen LogP contribution in [0.25, 0.3) is 0 Å². The first kappa shape index (κ1) is 30.2. The van der Waals surface area contributed by atoms with Crippen LogP contribution in [0.2, 0.25) is 0 Å². The lowest BCUT2D eigenvalue weighted by Crippen LogP contribution is -2.73. The number of nitrogens with zero attached hydrogens (tertiary/aromatic N) is 6. The van der Waals surface area contributed by atoms with Crippen LogP contribution in [-0.4, -0.2) is 103 Å². The van der Waals surface area contributed by atoms with Gasteiger partial charge in [-0.3, -0.25) is 4.79 Å². The van der Waals surface area contributed by atoms with Crippen molar-refractivity contribution in [3.63, 3.8) is 0 Å². The molecule has 0 saturated carbocycles. The smallest absolute Gasteiger partial charge is 0.410 e. The summed E-state index contributed by atoms with van der Waals surface area (Å²) in [4.78, 5) is 51.5. The van der Waals surface area contributed by atoms with Crippen molar-refractivity contribution < 1.29 is 19.1 Å². The highest BCUT2D eigenvalue weighted by molar-refractivity contribution is 5.96. The number of rotatable bonds is 5. The van der Waals surface area contributed by atoms with Gasteiger partial charge in [-0.1, -0.05) is 0 Å². The standard InChI is InChI=1S/C26H35N7O3.C4H8N2O/c1-25(2,3)36-24(35)33-16-26(17-33)14-32(15-26)19-9-7-18(8-10-19)29-23-21(22(27)34)28-13-20(30-23)31-11-5-4-6-12-31;1-6-3-2-5-4(6)7/h7-10,13H,4-6,11-12,14-17H2,1-3H3,(H2,27,34)(H,29,30);2-3H2,1H3,(H,5,7). The zero-order valence-electron chi connectivity index (χ0n) is 25.6. The largest absolute Gasteiger partial charge is 0.444 e. The molecule has 4 saturated heterocycles. The Balaban J connectivity index is 0.000000463. The van der Waals surface area contributed by atoms with Gasteiger partial charge in [0.1, 0.15) is 11.4 Å². The van der Waals surface area contributed by atoms with E-state index in [-0.39, 0.29) is 23.2 Å². The van der Waals surface area contributed by atoms with E-state index in [1.807, 2.05) is 45.0 Å². The van der Waals surface area contributed by atoms with E-state index < -0.39 is 11.5 Å². The molecule has 43 heavy (non-hydrogen) atoms. The van der Waals surface area contributed by atoms with Crippen molar-refractivity contribution in [2.24, 2.45) is 11.1 Å². The lowest BCUT2D eigenvalue weighted by Gasteiger charge is -2.60. The Hall–Kier alpha value is -4.29. The number of anilines is 4. The minimum atomic E-state index is -0.612. The molecule has 1 aromatic heterocycles. The van der Waals surface area contributed by atoms with Gasteiger partial charge in [-0.25, -0.2) is 19.6 Å². The Morgan fingerprint density at radius 3 is 2.21 bits per heavy atom. The third-order valence-electron chi connectivity index (χ3n) is 8.00. The second-order valence-corrected chi connectivity index (χ2v) is 12.9. The van der Waals surface area contributed by atoms with E-state index in [2.05, 4.69) is 30.4 Å². The number of ether oxygens (including phenoxy) is 1. The molecule has 0 radical (unpaired) electrons. The van der Waals surface area contributed by atoms with Gasteiger partial charge in [0.25, 0.3) is 5.91 Å². The lowest BCUT2D eigenvalue weighted by atomic mass is 9.73. The second-order valence-electron chi connectivity index (χ2n) is 12.9. The van der Waals surface area contributed by atoms with Gasteiger partial charge in [0.05, 0.1) is 6.20 Å². The number of carbonyl (C=O) groups is 3. The van der Waals surface area contributed by atoms with Gasteiger partial charge in [0.2, 0.25) is 0 Å². The summed E-state index contributed by atoms with van der Waals surface area (Å²) in [5.41, 5.74) is 7.30. The molecule has 6 rings (SSSR count). The van der Waals surface area contributed by atoms with Crippen molar-refractivity contribution in [1.29, 1.82) is 0 Å². The van der Waals surface area contributed by atoms with Crippen molar-refractivity contribution >= 4 is 41.0 Å². The number of piperidine rings is 1. The molecule has 13 heteroatoms. The minimum absolute atomic E-state index is 0.0417. The van der Waals surface area contributed by atoms with E-state index in [0.717, 1.165) is 82.4 Å². The number of hydrogen-bond acceptors (Lipinski definition) is 9. The number of benzene rings is 1. The van der Waals surface area contributed by atoms with Gasteiger partial charge < -0.3 is 40.7 Å². The van der Waals surface area contributed by atoms with Crippen molar-refractivity contribution in [3.05, 3.63) is 36.2 Å². The molecular weight excluding hydrogens is 550 g/mol. The molecular formula is C30H43N9O4. The van der Waals surface area contributed by atoms with E-state index >= 15 is 0 Å². The van der Waals surface area contributed by atoms with E-state index in [4.69, 9.17) is 10.5 Å². The first-order chi connectivity index (χ1) is 20.4. The third kappa shape index (κ3) is 7.20. The molecule has 1 aromatic carbocycles.